The second-order valence-corrected chi connectivity index (χ2v) is 6.72. The Hall–Kier alpha value is -3.01. The van der Waals surface area contributed by atoms with E-state index in [-0.39, 0.29) is 16.8 Å². The highest BCUT2D eigenvalue weighted by molar-refractivity contribution is 5.82. The summed E-state index contributed by atoms with van der Waals surface area (Å²) in [7, 11) is 0. The fourth-order valence-electron chi connectivity index (χ4n) is 3.47. The van der Waals surface area contributed by atoms with Crippen molar-refractivity contribution in [1.29, 1.82) is 0 Å². The van der Waals surface area contributed by atoms with Gasteiger partial charge in [0.05, 0.1) is 10.9 Å². The molecule has 3 aromatic rings. The van der Waals surface area contributed by atoms with Crippen molar-refractivity contribution in [3.05, 3.63) is 92.1 Å². The van der Waals surface area contributed by atoms with Gasteiger partial charge in [0.2, 0.25) is 0 Å². The first-order valence-electron chi connectivity index (χ1n) is 9.01. The summed E-state index contributed by atoms with van der Waals surface area (Å²) in [5.41, 5.74) is 3.38. The van der Waals surface area contributed by atoms with Crippen LogP contribution in [-0.2, 0) is 6.42 Å². The van der Waals surface area contributed by atoms with E-state index in [2.05, 4.69) is 16.0 Å². The molecule has 0 saturated heterocycles. The Bertz CT molecular complexity index is 1100. The van der Waals surface area contributed by atoms with Gasteiger partial charge in [0.25, 0.3) is 11.1 Å². The predicted octanol–water partition coefficient (Wildman–Crippen LogP) is 3.83. The standard InChI is InChI=1S/C22H20N2O2/c25-21-18-14-17(16-9-5-2-6-10-16)11-12-19(18)23-22(26)20(24-21)13-15-7-3-1-4-8-15/h1,3-4,7-9,11-12,14H,2,5-6,10,13H2,(H,23,26). The molecule has 1 aliphatic rings. The van der Waals surface area contributed by atoms with Gasteiger partial charge in [-0.05, 0) is 54.5 Å². The van der Waals surface area contributed by atoms with Crippen molar-refractivity contribution >= 4 is 16.5 Å². The molecule has 0 amide bonds. The fraction of sp³-hybridized carbons (Fsp3) is 0.227. The van der Waals surface area contributed by atoms with Crippen LogP contribution in [-0.4, -0.2) is 9.97 Å². The highest BCUT2D eigenvalue weighted by atomic mass is 16.1. The number of nitrogens with one attached hydrogen (secondary N) is 1. The van der Waals surface area contributed by atoms with Gasteiger partial charge in [0.15, 0.2) is 0 Å². The topological polar surface area (TPSA) is 62.8 Å². The predicted molar refractivity (Wildman–Crippen MR) is 104 cm³/mol. The Labute approximate surface area is 151 Å². The van der Waals surface area contributed by atoms with Gasteiger partial charge in [-0.2, -0.15) is 0 Å². The van der Waals surface area contributed by atoms with E-state index in [0.717, 1.165) is 24.0 Å². The van der Waals surface area contributed by atoms with Gasteiger partial charge < -0.3 is 4.98 Å². The molecule has 0 saturated carbocycles. The first-order valence-corrected chi connectivity index (χ1v) is 9.01. The smallest absolute Gasteiger partial charge is 0.279 e. The van der Waals surface area contributed by atoms with Crippen molar-refractivity contribution in [2.24, 2.45) is 0 Å². The summed E-state index contributed by atoms with van der Waals surface area (Å²) in [5, 5.41) is 0.463. The summed E-state index contributed by atoms with van der Waals surface area (Å²) < 4.78 is 0. The molecule has 1 aromatic heterocycles. The Kier molecular flexibility index (Phi) is 4.48. The van der Waals surface area contributed by atoms with E-state index >= 15 is 0 Å². The number of allylic oxidation sites excluding steroid dienone is 2. The number of aromatic nitrogens is 2. The summed E-state index contributed by atoms with van der Waals surface area (Å²) in [4.78, 5) is 32.2. The second-order valence-electron chi connectivity index (χ2n) is 6.72. The zero-order valence-electron chi connectivity index (χ0n) is 14.5. The molecule has 0 fully saturated rings. The molecule has 2 aromatic carbocycles. The lowest BCUT2D eigenvalue weighted by Crippen LogP contribution is -2.14. The molecule has 0 atom stereocenters. The Morgan fingerprint density at radius 3 is 2.62 bits per heavy atom. The van der Waals surface area contributed by atoms with Crippen LogP contribution in [0.15, 0.2) is 64.2 Å². The summed E-state index contributed by atoms with van der Waals surface area (Å²) in [5.74, 6) is 0. The molecule has 0 radical (unpaired) electrons. The van der Waals surface area contributed by atoms with Gasteiger partial charge >= 0.3 is 0 Å². The average Bonchev–Trinajstić information content (AvgIpc) is 2.79. The highest BCUT2D eigenvalue weighted by Gasteiger charge is 2.10. The molecule has 0 bridgehead atoms. The Balaban J connectivity index is 1.83. The van der Waals surface area contributed by atoms with Crippen molar-refractivity contribution in [1.82, 2.24) is 9.97 Å². The number of rotatable bonds is 3. The molecule has 130 valence electrons. The van der Waals surface area contributed by atoms with Crippen LogP contribution in [0.5, 0.6) is 0 Å². The van der Waals surface area contributed by atoms with Crippen LogP contribution in [0, 0.1) is 0 Å². The van der Waals surface area contributed by atoms with Gasteiger partial charge in [-0.3, -0.25) is 9.59 Å². The van der Waals surface area contributed by atoms with E-state index in [4.69, 9.17) is 0 Å². The molecule has 0 spiro atoms. The summed E-state index contributed by atoms with van der Waals surface area (Å²) in [6.07, 6.45) is 7.08. The molecule has 4 heteroatoms. The maximum Gasteiger partial charge on any atom is 0.279 e. The van der Waals surface area contributed by atoms with Crippen molar-refractivity contribution in [3.8, 4) is 0 Å². The zero-order valence-corrected chi connectivity index (χ0v) is 14.5. The molecule has 0 unspecified atom stereocenters. The van der Waals surface area contributed by atoms with Crippen LogP contribution in [0.2, 0.25) is 0 Å². The van der Waals surface area contributed by atoms with Crippen molar-refractivity contribution < 1.29 is 0 Å². The van der Waals surface area contributed by atoms with Crippen molar-refractivity contribution in [3.63, 3.8) is 0 Å². The number of hydrogen-bond acceptors (Lipinski definition) is 3. The van der Waals surface area contributed by atoms with Crippen LogP contribution in [0.25, 0.3) is 16.5 Å². The molecule has 0 aliphatic heterocycles. The Morgan fingerprint density at radius 1 is 1.00 bits per heavy atom. The third kappa shape index (κ3) is 3.36. The average molecular weight is 344 g/mol. The number of H-pyrrole nitrogens is 1. The minimum absolute atomic E-state index is 0.246. The SMILES string of the molecule is O=c1[nH]c2ccc(C3=CCCCC3)cc2c(=O)nc1Cc1ccccc1. The first-order chi connectivity index (χ1) is 12.7. The van der Waals surface area contributed by atoms with E-state index in [1.165, 1.54) is 18.4 Å². The quantitative estimate of drug-likeness (QED) is 0.785. The van der Waals surface area contributed by atoms with Crippen molar-refractivity contribution in [2.75, 3.05) is 0 Å². The van der Waals surface area contributed by atoms with Crippen LogP contribution >= 0.6 is 0 Å². The van der Waals surface area contributed by atoms with E-state index in [9.17, 15) is 9.59 Å². The first kappa shape index (κ1) is 16.5. The van der Waals surface area contributed by atoms with E-state index in [1.54, 1.807) is 0 Å². The number of nitrogens with zero attached hydrogens (tertiary/aromatic N) is 1. The fourth-order valence-corrected chi connectivity index (χ4v) is 3.47. The molecule has 4 rings (SSSR count). The molecule has 1 heterocycles. The molecule has 26 heavy (non-hydrogen) atoms. The summed E-state index contributed by atoms with van der Waals surface area (Å²) in [6.45, 7) is 0. The molecular weight excluding hydrogens is 324 g/mol. The molecule has 1 aliphatic carbocycles. The van der Waals surface area contributed by atoms with Gasteiger partial charge in [-0.1, -0.05) is 42.5 Å². The van der Waals surface area contributed by atoms with Gasteiger partial charge in [-0.15, -0.1) is 0 Å². The minimum Gasteiger partial charge on any atom is -0.320 e. The zero-order chi connectivity index (χ0) is 17.9. The maximum atomic E-state index is 12.7. The molecular formula is C22H20N2O2. The van der Waals surface area contributed by atoms with Gasteiger partial charge in [0, 0.05) is 6.42 Å². The number of fused-ring (bicyclic) bond motifs is 1. The van der Waals surface area contributed by atoms with E-state index in [0.29, 0.717) is 17.3 Å². The van der Waals surface area contributed by atoms with E-state index < -0.39 is 0 Å². The van der Waals surface area contributed by atoms with Gasteiger partial charge in [0.1, 0.15) is 5.69 Å². The number of hydrogen-bond donors (Lipinski definition) is 1. The summed E-state index contributed by atoms with van der Waals surface area (Å²) >= 11 is 0. The number of aromatic amines is 1. The lowest BCUT2D eigenvalue weighted by atomic mass is 9.93. The van der Waals surface area contributed by atoms with Gasteiger partial charge in [-0.25, -0.2) is 4.98 Å². The molecule has 4 nitrogen and oxygen atoms in total. The second kappa shape index (κ2) is 7.08. The lowest BCUT2D eigenvalue weighted by molar-refractivity contribution is 0.742. The third-order valence-corrected chi connectivity index (χ3v) is 4.87. The highest BCUT2D eigenvalue weighted by Crippen LogP contribution is 2.27. The van der Waals surface area contributed by atoms with E-state index in [1.807, 2.05) is 48.5 Å². The van der Waals surface area contributed by atoms with Crippen molar-refractivity contribution in [2.45, 2.75) is 32.1 Å². The van der Waals surface area contributed by atoms with Crippen LogP contribution in [0.3, 0.4) is 0 Å². The third-order valence-electron chi connectivity index (χ3n) is 4.87. The van der Waals surface area contributed by atoms with Crippen LogP contribution < -0.4 is 11.1 Å². The molecule has 1 N–H and O–H groups in total. The van der Waals surface area contributed by atoms with Crippen LogP contribution in [0.1, 0.15) is 42.5 Å². The Morgan fingerprint density at radius 2 is 1.85 bits per heavy atom. The van der Waals surface area contributed by atoms with Crippen LogP contribution in [0.4, 0.5) is 0 Å². The minimum atomic E-state index is -0.359. The largest absolute Gasteiger partial charge is 0.320 e. The summed E-state index contributed by atoms with van der Waals surface area (Å²) in [6, 6.07) is 15.2. The number of benzene rings is 2. The normalized spacial score (nSPS) is 14.2. The lowest BCUT2D eigenvalue weighted by Gasteiger charge is -2.12. The monoisotopic (exact) mass is 344 g/mol. The maximum absolute atomic E-state index is 12.7.